The van der Waals surface area contributed by atoms with Crippen LogP contribution in [0.4, 0.5) is 0 Å². The predicted molar refractivity (Wildman–Crippen MR) is 75.1 cm³/mol. The lowest BCUT2D eigenvalue weighted by Crippen LogP contribution is -2.46. The molecule has 0 saturated carbocycles. The van der Waals surface area contributed by atoms with Crippen molar-refractivity contribution >= 4 is 35.1 Å². The lowest BCUT2D eigenvalue weighted by atomic mass is 9.91. The molecule has 1 aromatic heterocycles. The minimum Gasteiger partial charge on any atom is -0.481 e. The molecule has 0 radical (unpaired) electrons. The van der Waals surface area contributed by atoms with Crippen LogP contribution in [0.25, 0.3) is 0 Å². The SMILES string of the molecule is CC1CC(C(=O)O)CCN1C(=O)c1nc(Cl)ccc1Cl. The van der Waals surface area contributed by atoms with Gasteiger partial charge in [-0.25, -0.2) is 4.98 Å². The van der Waals surface area contributed by atoms with Crippen molar-refractivity contribution in [3.05, 3.63) is 28.0 Å². The molecular weight excluding hydrogens is 303 g/mol. The predicted octanol–water partition coefficient (Wildman–Crippen LogP) is 2.71. The first kappa shape index (κ1) is 15.1. The van der Waals surface area contributed by atoms with Crippen molar-refractivity contribution in [1.82, 2.24) is 9.88 Å². The smallest absolute Gasteiger partial charge is 0.306 e. The average molecular weight is 317 g/mol. The molecule has 5 nitrogen and oxygen atoms in total. The minimum atomic E-state index is -0.817. The zero-order valence-electron chi connectivity index (χ0n) is 10.8. The third-order valence-electron chi connectivity index (χ3n) is 3.50. The molecule has 0 aromatic carbocycles. The fourth-order valence-corrected chi connectivity index (χ4v) is 2.74. The highest BCUT2D eigenvalue weighted by Gasteiger charge is 2.33. The number of piperidine rings is 1. The van der Waals surface area contributed by atoms with E-state index in [4.69, 9.17) is 28.3 Å². The summed E-state index contributed by atoms with van der Waals surface area (Å²) in [6, 6.07) is 2.87. The lowest BCUT2D eigenvalue weighted by Gasteiger charge is -2.36. The van der Waals surface area contributed by atoms with Gasteiger partial charge in [0.15, 0.2) is 0 Å². The molecule has 0 spiro atoms. The molecule has 1 N–H and O–H groups in total. The van der Waals surface area contributed by atoms with Gasteiger partial charge in [0, 0.05) is 12.6 Å². The van der Waals surface area contributed by atoms with Gasteiger partial charge in [0.1, 0.15) is 10.8 Å². The molecule has 1 saturated heterocycles. The number of halogens is 2. The van der Waals surface area contributed by atoms with Crippen molar-refractivity contribution in [3.63, 3.8) is 0 Å². The van der Waals surface area contributed by atoms with E-state index in [1.807, 2.05) is 6.92 Å². The van der Waals surface area contributed by atoms with Gasteiger partial charge in [0.05, 0.1) is 10.9 Å². The van der Waals surface area contributed by atoms with Crippen LogP contribution in [0.15, 0.2) is 12.1 Å². The summed E-state index contributed by atoms with van der Waals surface area (Å²) < 4.78 is 0. The molecule has 7 heteroatoms. The molecule has 2 atom stereocenters. The van der Waals surface area contributed by atoms with Crippen molar-refractivity contribution < 1.29 is 14.7 Å². The van der Waals surface area contributed by atoms with E-state index in [0.717, 1.165) is 0 Å². The quantitative estimate of drug-likeness (QED) is 0.852. The van der Waals surface area contributed by atoms with Crippen molar-refractivity contribution in [3.8, 4) is 0 Å². The van der Waals surface area contributed by atoms with Gasteiger partial charge in [-0.15, -0.1) is 0 Å². The fourth-order valence-electron chi connectivity index (χ4n) is 2.40. The molecule has 0 aliphatic carbocycles. The maximum atomic E-state index is 12.4. The molecule has 0 bridgehead atoms. The van der Waals surface area contributed by atoms with Crippen LogP contribution in [0.3, 0.4) is 0 Å². The van der Waals surface area contributed by atoms with Crippen molar-refractivity contribution in [1.29, 1.82) is 0 Å². The number of hydrogen-bond donors (Lipinski definition) is 1. The second-order valence-corrected chi connectivity index (χ2v) is 5.67. The van der Waals surface area contributed by atoms with Crippen LogP contribution in [-0.2, 0) is 4.79 Å². The first-order chi connectivity index (χ1) is 9.40. The highest BCUT2D eigenvalue weighted by molar-refractivity contribution is 6.34. The van der Waals surface area contributed by atoms with Crippen LogP contribution < -0.4 is 0 Å². The second-order valence-electron chi connectivity index (χ2n) is 4.87. The first-order valence-corrected chi connectivity index (χ1v) is 7.01. The minimum absolute atomic E-state index is 0.111. The maximum Gasteiger partial charge on any atom is 0.306 e. The highest BCUT2D eigenvalue weighted by Crippen LogP contribution is 2.26. The zero-order chi connectivity index (χ0) is 14.9. The molecule has 1 fully saturated rings. The lowest BCUT2D eigenvalue weighted by molar-refractivity contribution is -0.143. The van der Waals surface area contributed by atoms with Gasteiger partial charge in [0.2, 0.25) is 0 Å². The molecule has 20 heavy (non-hydrogen) atoms. The van der Waals surface area contributed by atoms with Gasteiger partial charge in [-0.05, 0) is 31.9 Å². The second kappa shape index (κ2) is 5.97. The number of hydrogen-bond acceptors (Lipinski definition) is 3. The summed E-state index contributed by atoms with van der Waals surface area (Å²) >= 11 is 11.8. The Hall–Kier alpha value is -1.33. The van der Waals surface area contributed by atoms with Gasteiger partial charge in [-0.2, -0.15) is 0 Å². The summed E-state index contributed by atoms with van der Waals surface area (Å²) in [5, 5.41) is 9.47. The van der Waals surface area contributed by atoms with Gasteiger partial charge < -0.3 is 10.0 Å². The molecule has 108 valence electrons. The summed E-state index contributed by atoms with van der Waals surface area (Å²) in [6.45, 7) is 2.20. The molecule has 1 amide bonds. The van der Waals surface area contributed by atoms with E-state index < -0.39 is 11.9 Å². The average Bonchev–Trinajstić information content (AvgIpc) is 2.40. The number of carboxylic acid groups (broad SMARTS) is 1. The summed E-state index contributed by atoms with van der Waals surface area (Å²) in [5.41, 5.74) is 0.111. The summed E-state index contributed by atoms with van der Waals surface area (Å²) in [4.78, 5) is 29.0. The van der Waals surface area contributed by atoms with E-state index in [-0.39, 0.29) is 27.8 Å². The summed E-state index contributed by atoms with van der Waals surface area (Å²) in [6.07, 6.45) is 0.864. The van der Waals surface area contributed by atoms with E-state index in [1.54, 1.807) is 4.90 Å². The number of likely N-dealkylation sites (tertiary alicyclic amines) is 1. The van der Waals surface area contributed by atoms with E-state index in [1.165, 1.54) is 12.1 Å². The van der Waals surface area contributed by atoms with Crippen LogP contribution in [0.1, 0.15) is 30.3 Å². The van der Waals surface area contributed by atoms with Gasteiger partial charge in [-0.1, -0.05) is 23.2 Å². The normalized spacial score (nSPS) is 22.6. The van der Waals surface area contributed by atoms with Crippen LogP contribution in [0, 0.1) is 5.92 Å². The molecule has 2 unspecified atom stereocenters. The third-order valence-corrected chi connectivity index (χ3v) is 4.02. The van der Waals surface area contributed by atoms with Crippen LogP contribution in [0.5, 0.6) is 0 Å². The Bertz CT molecular complexity index is 550. The number of nitrogens with zero attached hydrogens (tertiary/aromatic N) is 2. The Balaban J connectivity index is 2.18. The van der Waals surface area contributed by atoms with Crippen LogP contribution >= 0.6 is 23.2 Å². The Morgan fingerprint density at radius 3 is 2.70 bits per heavy atom. The van der Waals surface area contributed by atoms with Crippen molar-refractivity contribution in [2.24, 2.45) is 5.92 Å². The number of carbonyl (C=O) groups excluding carboxylic acids is 1. The van der Waals surface area contributed by atoms with Crippen LogP contribution in [0.2, 0.25) is 10.2 Å². The summed E-state index contributed by atoms with van der Waals surface area (Å²) in [7, 11) is 0. The van der Waals surface area contributed by atoms with Gasteiger partial charge in [-0.3, -0.25) is 9.59 Å². The number of carboxylic acids is 1. The van der Waals surface area contributed by atoms with E-state index in [0.29, 0.717) is 19.4 Å². The van der Waals surface area contributed by atoms with E-state index in [9.17, 15) is 9.59 Å². The zero-order valence-corrected chi connectivity index (χ0v) is 12.4. The van der Waals surface area contributed by atoms with E-state index in [2.05, 4.69) is 4.98 Å². The molecule has 1 aliphatic rings. The highest BCUT2D eigenvalue weighted by atomic mass is 35.5. The number of amides is 1. The Morgan fingerprint density at radius 1 is 1.40 bits per heavy atom. The molecule has 2 rings (SSSR count). The van der Waals surface area contributed by atoms with Crippen LogP contribution in [-0.4, -0.2) is 39.5 Å². The standard InChI is InChI=1S/C13H14Cl2N2O3/c1-7-6-8(13(19)20)4-5-17(7)12(18)11-9(14)2-3-10(15)16-11/h2-3,7-8H,4-6H2,1H3,(H,19,20). The number of aliphatic carboxylic acids is 1. The summed E-state index contributed by atoms with van der Waals surface area (Å²) in [5.74, 6) is -1.53. The fraction of sp³-hybridized carbons (Fsp3) is 0.462. The molecule has 2 heterocycles. The molecule has 1 aromatic rings. The molecular formula is C13H14Cl2N2O3. The van der Waals surface area contributed by atoms with Gasteiger partial charge >= 0.3 is 5.97 Å². The monoisotopic (exact) mass is 316 g/mol. The Morgan fingerprint density at radius 2 is 2.10 bits per heavy atom. The van der Waals surface area contributed by atoms with E-state index >= 15 is 0 Å². The van der Waals surface area contributed by atoms with Gasteiger partial charge in [0.25, 0.3) is 5.91 Å². The number of carbonyl (C=O) groups is 2. The topological polar surface area (TPSA) is 70.5 Å². The number of aromatic nitrogens is 1. The first-order valence-electron chi connectivity index (χ1n) is 6.26. The number of pyridine rings is 1. The van der Waals surface area contributed by atoms with Crippen molar-refractivity contribution in [2.75, 3.05) is 6.54 Å². The number of rotatable bonds is 2. The Labute approximate surface area is 126 Å². The third kappa shape index (κ3) is 3.04. The molecule has 1 aliphatic heterocycles. The van der Waals surface area contributed by atoms with Crippen molar-refractivity contribution in [2.45, 2.75) is 25.8 Å². The largest absolute Gasteiger partial charge is 0.481 e. The Kier molecular flexibility index (Phi) is 4.50. The maximum absolute atomic E-state index is 12.4.